The minimum absolute atomic E-state index is 0.0667. The molecule has 1 aromatic rings. The Labute approximate surface area is 102 Å². The Balaban J connectivity index is 1.87. The smallest absolute Gasteiger partial charge is 0.225 e. The van der Waals surface area contributed by atoms with Crippen molar-refractivity contribution in [1.29, 1.82) is 0 Å². The molecule has 3 nitrogen and oxygen atoms in total. The van der Waals surface area contributed by atoms with Gasteiger partial charge in [0, 0.05) is 11.8 Å². The molecule has 92 valence electrons. The number of carbonyl (C=O) groups is 1. The maximum absolute atomic E-state index is 11.7. The number of benzene rings is 1. The number of para-hydroxylation sites is 1. The third kappa shape index (κ3) is 2.78. The topological polar surface area (TPSA) is 38.3 Å². The van der Waals surface area contributed by atoms with Crippen LogP contribution in [0.1, 0.15) is 26.3 Å². The van der Waals surface area contributed by atoms with Gasteiger partial charge >= 0.3 is 0 Å². The van der Waals surface area contributed by atoms with Crippen LogP contribution in [-0.4, -0.2) is 18.6 Å². The number of amides is 1. The molecule has 1 N–H and O–H groups in total. The fraction of sp³-hybridized carbons (Fsp3) is 0.500. The number of hydrogen-bond donors (Lipinski definition) is 1. The van der Waals surface area contributed by atoms with Crippen LogP contribution in [0.4, 0.5) is 0 Å². The van der Waals surface area contributed by atoms with Gasteiger partial charge in [0.05, 0.1) is 6.54 Å². The monoisotopic (exact) mass is 233 g/mol. The minimum atomic E-state index is -0.342. The largest absolute Gasteiger partial charge is 0.488 e. The summed E-state index contributed by atoms with van der Waals surface area (Å²) in [6.45, 7) is 6.30. The number of nitrogens with one attached hydrogen (secondary N) is 1. The summed E-state index contributed by atoms with van der Waals surface area (Å²) in [6.07, 6.45) is 0.944. The molecule has 3 heteroatoms. The van der Waals surface area contributed by atoms with Crippen molar-refractivity contribution in [3.8, 4) is 5.75 Å². The van der Waals surface area contributed by atoms with Crippen molar-refractivity contribution in [1.82, 2.24) is 5.32 Å². The molecular formula is C14H19NO2. The average Bonchev–Trinajstić information content (AvgIpc) is 2.66. The zero-order valence-corrected chi connectivity index (χ0v) is 10.6. The third-order valence-corrected chi connectivity index (χ3v) is 2.89. The van der Waals surface area contributed by atoms with E-state index in [1.807, 2.05) is 39.0 Å². The molecule has 0 spiro atoms. The van der Waals surface area contributed by atoms with Crippen molar-refractivity contribution >= 4 is 5.91 Å². The predicted octanol–water partition coefficient (Wildman–Crippen LogP) is 2.15. The standard InChI is InChI=1S/C14H19NO2/c1-14(2,3)13(16)15-9-11-8-10-6-4-5-7-12(10)17-11/h4-7,11H,8-9H2,1-3H3,(H,15,16). The first-order chi connectivity index (χ1) is 7.97. The second-order valence-electron chi connectivity index (χ2n) is 5.51. The van der Waals surface area contributed by atoms with Gasteiger partial charge in [-0.3, -0.25) is 4.79 Å². The van der Waals surface area contributed by atoms with Gasteiger partial charge in [0.1, 0.15) is 11.9 Å². The molecule has 0 aromatic heterocycles. The van der Waals surface area contributed by atoms with Crippen LogP contribution >= 0.6 is 0 Å². The quantitative estimate of drug-likeness (QED) is 0.850. The highest BCUT2D eigenvalue weighted by atomic mass is 16.5. The third-order valence-electron chi connectivity index (χ3n) is 2.89. The Bertz CT molecular complexity index is 395. The average molecular weight is 233 g/mol. The summed E-state index contributed by atoms with van der Waals surface area (Å²) in [7, 11) is 0. The van der Waals surface area contributed by atoms with E-state index in [0.717, 1.165) is 12.2 Å². The van der Waals surface area contributed by atoms with Gasteiger partial charge < -0.3 is 10.1 Å². The second-order valence-corrected chi connectivity index (χ2v) is 5.51. The van der Waals surface area contributed by atoms with Gasteiger partial charge in [-0.25, -0.2) is 0 Å². The molecule has 1 aliphatic rings. The molecule has 1 unspecified atom stereocenters. The number of fused-ring (bicyclic) bond motifs is 1. The summed E-state index contributed by atoms with van der Waals surface area (Å²) in [5.74, 6) is 1.01. The molecule has 1 atom stereocenters. The van der Waals surface area contributed by atoms with E-state index in [2.05, 4.69) is 11.4 Å². The lowest BCUT2D eigenvalue weighted by molar-refractivity contribution is -0.128. The molecule has 0 saturated heterocycles. The Morgan fingerprint density at radius 2 is 2.12 bits per heavy atom. The van der Waals surface area contributed by atoms with Gasteiger partial charge in [-0.1, -0.05) is 39.0 Å². The maximum atomic E-state index is 11.7. The summed E-state index contributed by atoms with van der Waals surface area (Å²) >= 11 is 0. The van der Waals surface area contributed by atoms with Crippen LogP contribution in [0.15, 0.2) is 24.3 Å². The van der Waals surface area contributed by atoms with Gasteiger partial charge in [-0.05, 0) is 11.6 Å². The van der Waals surface area contributed by atoms with Crippen molar-refractivity contribution in [2.45, 2.75) is 33.3 Å². The van der Waals surface area contributed by atoms with Crippen LogP contribution in [0.5, 0.6) is 5.75 Å². The summed E-state index contributed by atoms with van der Waals surface area (Å²) in [4.78, 5) is 11.7. The van der Waals surface area contributed by atoms with Crippen molar-refractivity contribution in [3.05, 3.63) is 29.8 Å². The van der Waals surface area contributed by atoms with E-state index in [0.29, 0.717) is 6.54 Å². The molecular weight excluding hydrogens is 214 g/mol. The van der Waals surface area contributed by atoms with Crippen LogP contribution in [0.3, 0.4) is 0 Å². The van der Waals surface area contributed by atoms with Gasteiger partial charge in [-0.2, -0.15) is 0 Å². The van der Waals surface area contributed by atoms with Gasteiger partial charge in [0.25, 0.3) is 0 Å². The lowest BCUT2D eigenvalue weighted by Crippen LogP contribution is -2.40. The summed E-state index contributed by atoms with van der Waals surface area (Å²) in [6, 6.07) is 8.02. The zero-order valence-electron chi connectivity index (χ0n) is 10.6. The second kappa shape index (κ2) is 4.40. The predicted molar refractivity (Wildman–Crippen MR) is 67.0 cm³/mol. The van der Waals surface area contributed by atoms with E-state index in [1.165, 1.54) is 5.56 Å². The molecule has 0 aliphatic carbocycles. The van der Waals surface area contributed by atoms with E-state index < -0.39 is 0 Å². The van der Waals surface area contributed by atoms with Crippen LogP contribution in [-0.2, 0) is 11.2 Å². The first-order valence-corrected chi connectivity index (χ1v) is 5.99. The molecule has 0 radical (unpaired) electrons. The Hall–Kier alpha value is -1.51. The Kier molecular flexibility index (Phi) is 3.09. The van der Waals surface area contributed by atoms with Crippen molar-refractivity contribution < 1.29 is 9.53 Å². The highest BCUT2D eigenvalue weighted by Gasteiger charge is 2.25. The molecule has 17 heavy (non-hydrogen) atoms. The molecule has 0 fully saturated rings. The molecule has 1 heterocycles. The van der Waals surface area contributed by atoms with Crippen molar-refractivity contribution in [3.63, 3.8) is 0 Å². The van der Waals surface area contributed by atoms with Gasteiger partial charge in [-0.15, -0.1) is 0 Å². The van der Waals surface area contributed by atoms with Crippen LogP contribution in [0.25, 0.3) is 0 Å². The molecule has 1 amide bonds. The molecule has 0 bridgehead atoms. The summed E-state index contributed by atoms with van der Waals surface area (Å²) < 4.78 is 5.76. The zero-order chi connectivity index (χ0) is 12.5. The van der Waals surface area contributed by atoms with Crippen LogP contribution in [0, 0.1) is 5.41 Å². The first kappa shape index (κ1) is 12.0. The van der Waals surface area contributed by atoms with E-state index in [1.54, 1.807) is 0 Å². The SMILES string of the molecule is CC(C)(C)C(=O)NCC1Cc2ccccc2O1. The normalized spacial score (nSPS) is 18.4. The van der Waals surface area contributed by atoms with Gasteiger partial charge in [0.2, 0.25) is 5.91 Å². The summed E-state index contributed by atoms with van der Waals surface area (Å²) in [5, 5.41) is 2.94. The minimum Gasteiger partial charge on any atom is -0.488 e. The van der Waals surface area contributed by atoms with Crippen LogP contribution < -0.4 is 10.1 Å². The number of rotatable bonds is 2. The lowest BCUT2D eigenvalue weighted by Gasteiger charge is -2.19. The maximum Gasteiger partial charge on any atom is 0.225 e. The van der Waals surface area contributed by atoms with E-state index >= 15 is 0 Å². The fourth-order valence-electron chi connectivity index (χ4n) is 1.84. The Morgan fingerprint density at radius 3 is 2.76 bits per heavy atom. The van der Waals surface area contributed by atoms with E-state index in [-0.39, 0.29) is 17.4 Å². The molecule has 0 saturated carbocycles. The fourth-order valence-corrected chi connectivity index (χ4v) is 1.84. The van der Waals surface area contributed by atoms with Gasteiger partial charge in [0.15, 0.2) is 0 Å². The Morgan fingerprint density at radius 1 is 1.41 bits per heavy atom. The number of ether oxygens (including phenoxy) is 1. The van der Waals surface area contributed by atoms with Crippen molar-refractivity contribution in [2.75, 3.05) is 6.54 Å². The number of carbonyl (C=O) groups excluding carboxylic acids is 1. The van der Waals surface area contributed by atoms with E-state index in [9.17, 15) is 4.79 Å². The molecule has 1 aliphatic heterocycles. The highest BCUT2D eigenvalue weighted by molar-refractivity contribution is 5.81. The van der Waals surface area contributed by atoms with E-state index in [4.69, 9.17) is 4.74 Å². The molecule has 2 rings (SSSR count). The number of hydrogen-bond acceptors (Lipinski definition) is 2. The van der Waals surface area contributed by atoms with Crippen LogP contribution in [0.2, 0.25) is 0 Å². The first-order valence-electron chi connectivity index (χ1n) is 5.99. The summed E-state index contributed by atoms with van der Waals surface area (Å²) in [5.41, 5.74) is 0.883. The lowest BCUT2D eigenvalue weighted by atomic mass is 9.95. The highest BCUT2D eigenvalue weighted by Crippen LogP contribution is 2.27. The van der Waals surface area contributed by atoms with Crippen molar-refractivity contribution in [2.24, 2.45) is 5.41 Å². The molecule has 1 aromatic carbocycles.